The Kier molecular flexibility index (Phi) is 13.7. The lowest BCUT2D eigenvalue weighted by atomic mass is 9.69. The first-order valence-corrected chi connectivity index (χ1v) is 19.9. The van der Waals surface area contributed by atoms with Gasteiger partial charge in [-0.05, 0) is 91.6 Å². The number of nitrogens with zero attached hydrogens (tertiary/aromatic N) is 3. The van der Waals surface area contributed by atoms with E-state index in [-0.39, 0.29) is 62.8 Å². The molecule has 4 N–H and O–H groups in total. The molecule has 1 aromatic heterocycles. The van der Waals surface area contributed by atoms with E-state index in [1.54, 1.807) is 46.8 Å². The van der Waals surface area contributed by atoms with Crippen LogP contribution in [-0.2, 0) is 44.8 Å². The summed E-state index contributed by atoms with van der Waals surface area (Å²) < 4.78 is 31.1. The highest BCUT2D eigenvalue weighted by Crippen LogP contribution is 2.42. The van der Waals surface area contributed by atoms with E-state index in [0.717, 1.165) is 5.56 Å². The number of carbonyl (C=O) groups is 3. The van der Waals surface area contributed by atoms with Crippen LogP contribution in [0.3, 0.4) is 0 Å². The normalized spacial score (nSPS) is 38.9. The van der Waals surface area contributed by atoms with Crippen LogP contribution in [0, 0.1) is 29.6 Å². The van der Waals surface area contributed by atoms with Gasteiger partial charge in [0.05, 0.1) is 30.1 Å². The van der Waals surface area contributed by atoms with Crippen molar-refractivity contribution in [1.82, 2.24) is 9.88 Å². The van der Waals surface area contributed by atoms with Crippen molar-refractivity contribution < 1.29 is 52.8 Å². The summed E-state index contributed by atoms with van der Waals surface area (Å²) in [6, 6.07) is 5.11. The number of carbonyl (C=O) groups excluding carboxylic acids is 3. The standard InChI is InChI=1S/C41H62N4O11/c1-11-32-41(8,50)28-14-13-27(44-52-19-26-12-15-31-29(17-26)43-39(42)54-31)20-51-40(7,18-21(2)33(46)23(28)4)36(24(5)34(47)25(6)37(49)55-32)56-38-35(48)30(45(9)10)16-22(3)53-38/h12,15,17,21-25,28,30,32,35-36,38,48,50H,11,13-14,16,18-20H2,1-10H3,(H2,42,43)/b44-27+/t21-,22-,23-,24+,25-,28-,30+,32-,35-,36-,38+,40-,41+/m1/s1. The van der Waals surface area contributed by atoms with Crippen LogP contribution in [0.15, 0.2) is 27.8 Å². The van der Waals surface area contributed by atoms with Crippen molar-refractivity contribution in [2.45, 2.75) is 142 Å². The average Bonchev–Trinajstić information content (AvgIpc) is 3.52. The fourth-order valence-corrected chi connectivity index (χ4v) is 9.00. The number of anilines is 1. The molecule has 0 spiro atoms. The number of benzene rings is 1. The molecule has 312 valence electrons. The summed E-state index contributed by atoms with van der Waals surface area (Å²) in [4.78, 5) is 54.6. The topological polar surface area (TPSA) is 205 Å². The third kappa shape index (κ3) is 9.29. The molecule has 15 nitrogen and oxygen atoms in total. The second-order valence-corrected chi connectivity index (χ2v) is 16.9. The van der Waals surface area contributed by atoms with Gasteiger partial charge in [-0.3, -0.25) is 14.4 Å². The average molecular weight is 787 g/mol. The monoisotopic (exact) mass is 786 g/mol. The number of hydrogen-bond donors (Lipinski definition) is 3. The molecular formula is C41H62N4O11. The highest BCUT2D eigenvalue weighted by Gasteiger charge is 2.52. The number of oxime groups is 1. The van der Waals surface area contributed by atoms with E-state index >= 15 is 0 Å². The highest BCUT2D eigenvalue weighted by atomic mass is 16.7. The summed E-state index contributed by atoms with van der Waals surface area (Å²) in [7, 11) is 3.74. The molecule has 3 aliphatic heterocycles. The minimum absolute atomic E-state index is 0.0585. The van der Waals surface area contributed by atoms with Crippen molar-refractivity contribution in [2.24, 2.45) is 34.7 Å². The van der Waals surface area contributed by atoms with E-state index in [4.69, 9.17) is 33.9 Å². The summed E-state index contributed by atoms with van der Waals surface area (Å²) in [6.07, 6.45) is -3.23. The fraction of sp³-hybridized carbons (Fsp3) is 0.732. The number of esters is 1. The number of likely N-dealkylation sites (N-methyl/N-ethyl adjacent to an activating group) is 1. The van der Waals surface area contributed by atoms with E-state index in [9.17, 15) is 24.6 Å². The second-order valence-electron chi connectivity index (χ2n) is 16.9. The van der Waals surface area contributed by atoms with Crippen LogP contribution in [0.1, 0.15) is 93.1 Å². The summed E-state index contributed by atoms with van der Waals surface area (Å²) in [5, 5.41) is 28.4. The smallest absolute Gasteiger partial charge is 0.316 e. The molecule has 0 saturated carbocycles. The predicted octanol–water partition coefficient (Wildman–Crippen LogP) is 4.44. The molecule has 56 heavy (non-hydrogen) atoms. The minimum atomic E-state index is -1.66. The number of nitrogens with two attached hydrogens (primary N) is 1. The lowest BCUT2D eigenvalue weighted by molar-refractivity contribution is -0.296. The molecule has 0 aliphatic carbocycles. The number of ketones is 2. The molecule has 3 saturated heterocycles. The first-order chi connectivity index (χ1) is 26.3. The molecule has 0 radical (unpaired) electrons. The zero-order chi connectivity index (χ0) is 41.3. The molecule has 0 unspecified atom stereocenters. The van der Waals surface area contributed by atoms with Crippen molar-refractivity contribution >= 4 is 40.4 Å². The third-order valence-corrected chi connectivity index (χ3v) is 12.3. The first-order valence-electron chi connectivity index (χ1n) is 19.9. The molecule has 13 atom stereocenters. The van der Waals surface area contributed by atoms with Gasteiger partial charge in [0.25, 0.3) is 6.01 Å². The Labute approximate surface area is 329 Å². The van der Waals surface area contributed by atoms with Crippen LogP contribution in [0.2, 0.25) is 0 Å². The number of nitrogen functional groups attached to an aromatic ring is 1. The Balaban J connectivity index is 1.60. The number of cyclic esters (lactones) is 1. The van der Waals surface area contributed by atoms with Crippen LogP contribution in [0.25, 0.3) is 11.1 Å². The van der Waals surface area contributed by atoms with Crippen molar-refractivity contribution in [2.75, 3.05) is 26.4 Å². The highest BCUT2D eigenvalue weighted by molar-refractivity contribution is 6.00. The van der Waals surface area contributed by atoms with Gasteiger partial charge in [-0.1, -0.05) is 38.9 Å². The number of oxazole rings is 1. The van der Waals surface area contributed by atoms with Crippen LogP contribution >= 0.6 is 0 Å². The van der Waals surface area contributed by atoms with Crippen LogP contribution in [0.5, 0.6) is 0 Å². The van der Waals surface area contributed by atoms with Gasteiger partial charge in [0, 0.05) is 29.7 Å². The molecule has 3 aliphatic rings. The molecule has 2 bridgehead atoms. The Morgan fingerprint density at radius 1 is 1.07 bits per heavy atom. The van der Waals surface area contributed by atoms with Gasteiger partial charge in [-0.2, -0.15) is 4.98 Å². The molecule has 0 amide bonds. The number of Topliss-reactive ketones (excluding diaryl/α,β-unsaturated/α-hetero) is 2. The number of rotatable bonds is 7. The number of ether oxygens (including phenoxy) is 4. The van der Waals surface area contributed by atoms with Crippen molar-refractivity contribution in [3.05, 3.63) is 23.8 Å². The second kappa shape index (κ2) is 17.6. The Hall–Kier alpha value is -3.47. The summed E-state index contributed by atoms with van der Waals surface area (Å²) in [6.45, 7) is 13.8. The fourth-order valence-electron chi connectivity index (χ4n) is 9.00. The molecule has 5 rings (SSSR count). The van der Waals surface area contributed by atoms with Crippen LogP contribution < -0.4 is 5.73 Å². The van der Waals surface area contributed by atoms with Gasteiger partial charge in [-0.15, -0.1) is 0 Å². The number of aliphatic hydroxyl groups is 2. The minimum Gasteiger partial charge on any atom is -0.459 e. The van der Waals surface area contributed by atoms with Crippen molar-refractivity contribution in [1.29, 1.82) is 0 Å². The zero-order valence-corrected chi connectivity index (χ0v) is 34.5. The van der Waals surface area contributed by atoms with Crippen LogP contribution in [-0.4, -0.2) is 112 Å². The van der Waals surface area contributed by atoms with Gasteiger partial charge in [-0.25, -0.2) is 0 Å². The van der Waals surface area contributed by atoms with E-state index in [1.807, 2.05) is 38.9 Å². The van der Waals surface area contributed by atoms with Gasteiger partial charge in [0.1, 0.15) is 41.6 Å². The summed E-state index contributed by atoms with van der Waals surface area (Å²) in [5.41, 5.74) is 5.07. The maximum absolute atomic E-state index is 14.5. The summed E-state index contributed by atoms with van der Waals surface area (Å²) in [5.74, 6) is -5.60. The lowest BCUT2D eigenvalue weighted by Crippen LogP contribution is -2.59. The molecule has 2 aromatic rings. The van der Waals surface area contributed by atoms with Gasteiger partial charge < -0.3 is 49.0 Å². The van der Waals surface area contributed by atoms with Gasteiger partial charge in [0.2, 0.25) is 0 Å². The SMILES string of the molecule is CC[C@H]1OC(=O)[C@H](C)C(=O)[C@H](C)[C@@H](O[C@@H]2O[C@H](C)C[C@H](N(C)C)[C@H]2O)[C@@]2(C)C[C@@H](C)C(=O)[C@H](C)[C@@H](CC/C(=N\OCc3ccc4oc(N)nc4c3)CO2)[C@]1(C)O. The maximum Gasteiger partial charge on any atom is 0.316 e. The lowest BCUT2D eigenvalue weighted by Gasteiger charge is -2.47. The number of aliphatic hydroxyl groups excluding tert-OH is 1. The molecule has 4 heterocycles. The molecular weight excluding hydrogens is 724 g/mol. The Bertz CT molecular complexity index is 1740. The Morgan fingerprint density at radius 3 is 2.46 bits per heavy atom. The number of aromatic nitrogens is 1. The first kappa shape index (κ1) is 43.6. The third-order valence-electron chi connectivity index (χ3n) is 12.3. The van der Waals surface area contributed by atoms with Crippen LogP contribution in [0.4, 0.5) is 6.01 Å². The maximum atomic E-state index is 14.5. The quantitative estimate of drug-likeness (QED) is 0.202. The van der Waals surface area contributed by atoms with E-state index < -0.39 is 77.1 Å². The predicted molar refractivity (Wildman–Crippen MR) is 207 cm³/mol. The number of fused-ring (bicyclic) bond motifs is 6. The van der Waals surface area contributed by atoms with Crippen molar-refractivity contribution in [3.8, 4) is 0 Å². The van der Waals surface area contributed by atoms with E-state index in [1.165, 1.54) is 6.92 Å². The van der Waals surface area contributed by atoms with Gasteiger partial charge >= 0.3 is 5.97 Å². The molecule has 15 heteroatoms. The van der Waals surface area contributed by atoms with Crippen molar-refractivity contribution in [3.63, 3.8) is 0 Å². The summed E-state index contributed by atoms with van der Waals surface area (Å²) >= 11 is 0. The Morgan fingerprint density at radius 2 is 1.79 bits per heavy atom. The molecule has 3 fully saturated rings. The largest absolute Gasteiger partial charge is 0.459 e. The number of hydrogen-bond acceptors (Lipinski definition) is 15. The van der Waals surface area contributed by atoms with E-state index in [2.05, 4.69) is 10.1 Å². The molecule has 1 aromatic carbocycles. The van der Waals surface area contributed by atoms with Gasteiger partial charge in [0.15, 0.2) is 17.7 Å². The van der Waals surface area contributed by atoms with E-state index in [0.29, 0.717) is 23.2 Å². The zero-order valence-electron chi connectivity index (χ0n) is 34.5.